The van der Waals surface area contributed by atoms with Crippen LogP contribution in [0.4, 0.5) is 0 Å². The van der Waals surface area contributed by atoms with Gasteiger partial charge in [0.15, 0.2) is 5.78 Å². The molecule has 0 bridgehead atoms. The predicted octanol–water partition coefficient (Wildman–Crippen LogP) is 4.62. The van der Waals surface area contributed by atoms with E-state index >= 15 is 0 Å². The molecule has 3 saturated carbocycles. The van der Waals surface area contributed by atoms with Crippen molar-refractivity contribution in [2.75, 3.05) is 0 Å². The highest BCUT2D eigenvalue weighted by Crippen LogP contribution is 2.64. The van der Waals surface area contributed by atoms with E-state index in [-0.39, 0.29) is 28.7 Å². The smallest absolute Gasteiger partial charge is 0.305 e. The fourth-order valence-corrected chi connectivity index (χ4v) is 6.59. The Morgan fingerprint density at radius 2 is 2.00 bits per heavy atom. The molecule has 0 heterocycles. The molecule has 25 heavy (non-hydrogen) atoms. The van der Waals surface area contributed by atoms with Crippen LogP contribution in [0.15, 0.2) is 23.8 Å². The lowest BCUT2D eigenvalue weighted by molar-refractivity contribution is -0.158. The largest absolute Gasteiger partial charge is 0.462 e. The quantitative estimate of drug-likeness (QED) is 0.688. The first-order chi connectivity index (χ1) is 11.9. The van der Waals surface area contributed by atoms with Gasteiger partial charge in [0.05, 0.1) is 0 Å². The van der Waals surface area contributed by atoms with Crippen molar-refractivity contribution in [3.05, 3.63) is 23.8 Å². The lowest BCUT2D eigenvalue weighted by Gasteiger charge is -2.56. The average Bonchev–Trinajstić information content (AvgIpc) is 2.92. The Morgan fingerprint density at radius 1 is 1.20 bits per heavy atom. The molecular formula is C22H30O3. The molecule has 0 aromatic carbocycles. The number of rotatable bonds is 2. The number of carbonyl (C=O) groups is 2. The third-order valence-corrected chi connectivity index (χ3v) is 8.03. The Bertz CT molecular complexity index is 660. The number of esters is 1. The number of carbonyl (C=O) groups excluding carboxylic acids is 2. The fraction of sp³-hybridized carbons (Fsp3) is 0.727. The van der Waals surface area contributed by atoms with Crippen molar-refractivity contribution >= 4 is 11.8 Å². The van der Waals surface area contributed by atoms with Gasteiger partial charge in [0, 0.05) is 17.3 Å². The van der Waals surface area contributed by atoms with Crippen LogP contribution in [0.5, 0.6) is 0 Å². The maximum Gasteiger partial charge on any atom is 0.305 e. The van der Waals surface area contributed by atoms with Crippen molar-refractivity contribution in [1.29, 1.82) is 0 Å². The second-order valence-corrected chi connectivity index (χ2v) is 9.06. The Labute approximate surface area is 150 Å². The van der Waals surface area contributed by atoms with Gasteiger partial charge in [-0.3, -0.25) is 9.59 Å². The van der Waals surface area contributed by atoms with Crippen LogP contribution >= 0.6 is 0 Å². The predicted molar refractivity (Wildman–Crippen MR) is 96.8 cm³/mol. The molecule has 4 aliphatic carbocycles. The highest BCUT2D eigenvalue weighted by molar-refractivity contribution is 6.01. The van der Waals surface area contributed by atoms with E-state index in [0.29, 0.717) is 24.2 Å². The zero-order valence-corrected chi connectivity index (χ0v) is 15.7. The molecule has 3 fully saturated rings. The first kappa shape index (κ1) is 17.1. The monoisotopic (exact) mass is 342 g/mol. The van der Waals surface area contributed by atoms with Gasteiger partial charge in [-0.1, -0.05) is 32.4 Å². The molecule has 136 valence electrons. The van der Waals surface area contributed by atoms with Crippen LogP contribution in [0.2, 0.25) is 0 Å². The van der Waals surface area contributed by atoms with Gasteiger partial charge in [-0.15, -0.1) is 0 Å². The van der Waals surface area contributed by atoms with Gasteiger partial charge in [-0.25, -0.2) is 0 Å². The Balaban J connectivity index is 1.60. The van der Waals surface area contributed by atoms with Crippen LogP contribution < -0.4 is 0 Å². The van der Waals surface area contributed by atoms with Crippen molar-refractivity contribution < 1.29 is 14.3 Å². The van der Waals surface area contributed by atoms with Gasteiger partial charge in [-0.2, -0.15) is 0 Å². The summed E-state index contributed by atoms with van der Waals surface area (Å²) in [4.78, 5) is 23.7. The first-order valence-electron chi connectivity index (χ1n) is 10.0. The number of allylic oxidation sites excluding steroid dienone is 4. The summed E-state index contributed by atoms with van der Waals surface area (Å²) in [6.45, 7) is 6.58. The Hall–Kier alpha value is -1.38. The summed E-state index contributed by atoms with van der Waals surface area (Å²) in [5, 5.41) is 0. The lowest BCUT2D eigenvalue weighted by Crippen LogP contribution is -2.51. The maximum atomic E-state index is 11.9. The average molecular weight is 342 g/mol. The molecule has 0 aliphatic heterocycles. The minimum absolute atomic E-state index is 0.0519. The van der Waals surface area contributed by atoms with Crippen molar-refractivity contribution in [3.63, 3.8) is 0 Å². The van der Waals surface area contributed by atoms with Crippen LogP contribution in [-0.4, -0.2) is 17.9 Å². The summed E-state index contributed by atoms with van der Waals surface area (Å²) < 4.78 is 5.85. The molecule has 0 spiro atoms. The van der Waals surface area contributed by atoms with Gasteiger partial charge in [-0.05, 0) is 68.4 Å². The molecule has 0 unspecified atom stereocenters. The third kappa shape index (κ3) is 2.45. The lowest BCUT2D eigenvalue weighted by atomic mass is 9.48. The summed E-state index contributed by atoms with van der Waals surface area (Å²) in [6, 6.07) is 0. The molecule has 0 aromatic heterocycles. The van der Waals surface area contributed by atoms with Crippen molar-refractivity contribution in [1.82, 2.24) is 0 Å². The molecule has 6 atom stereocenters. The van der Waals surface area contributed by atoms with Crippen LogP contribution in [-0.2, 0) is 14.3 Å². The third-order valence-electron chi connectivity index (χ3n) is 8.03. The van der Waals surface area contributed by atoms with Crippen molar-refractivity contribution in [3.8, 4) is 0 Å². The summed E-state index contributed by atoms with van der Waals surface area (Å²) in [5.74, 6) is 2.05. The zero-order chi connectivity index (χ0) is 17.8. The van der Waals surface area contributed by atoms with E-state index in [1.807, 2.05) is 13.0 Å². The normalized spacial score (nSPS) is 45.2. The van der Waals surface area contributed by atoms with Gasteiger partial charge in [0.25, 0.3) is 0 Å². The van der Waals surface area contributed by atoms with Gasteiger partial charge in [0.2, 0.25) is 0 Å². The second-order valence-electron chi connectivity index (χ2n) is 9.06. The van der Waals surface area contributed by atoms with Gasteiger partial charge < -0.3 is 4.74 Å². The van der Waals surface area contributed by atoms with E-state index in [4.69, 9.17) is 4.74 Å². The fourth-order valence-electron chi connectivity index (χ4n) is 6.59. The molecule has 4 rings (SSSR count). The Morgan fingerprint density at radius 3 is 2.76 bits per heavy atom. The molecule has 4 aliphatic rings. The van der Waals surface area contributed by atoms with E-state index in [0.717, 1.165) is 19.3 Å². The molecule has 0 amide bonds. The van der Waals surface area contributed by atoms with Crippen LogP contribution in [0, 0.1) is 28.6 Å². The van der Waals surface area contributed by atoms with Crippen LogP contribution in [0.1, 0.15) is 65.7 Å². The minimum Gasteiger partial charge on any atom is -0.462 e. The van der Waals surface area contributed by atoms with Crippen LogP contribution in [0.25, 0.3) is 0 Å². The topological polar surface area (TPSA) is 43.4 Å². The van der Waals surface area contributed by atoms with E-state index in [1.54, 1.807) is 6.08 Å². The van der Waals surface area contributed by atoms with Crippen LogP contribution in [0.3, 0.4) is 0 Å². The van der Waals surface area contributed by atoms with Crippen molar-refractivity contribution in [2.24, 2.45) is 28.6 Å². The number of hydrogen-bond acceptors (Lipinski definition) is 3. The van der Waals surface area contributed by atoms with Crippen molar-refractivity contribution in [2.45, 2.75) is 71.8 Å². The van der Waals surface area contributed by atoms with Gasteiger partial charge >= 0.3 is 5.97 Å². The van der Waals surface area contributed by atoms with E-state index < -0.39 is 0 Å². The SMILES string of the molecule is CCC(=O)O[C@@H]1CC[C@@H]2[C@H]3CCC4=CC(=O)C=C[C@]4(C)[C@@H]3CC[C@@]21C. The molecular weight excluding hydrogens is 312 g/mol. The minimum atomic E-state index is -0.0523. The number of ketones is 1. The summed E-state index contributed by atoms with van der Waals surface area (Å²) >= 11 is 0. The second kappa shape index (κ2) is 5.82. The highest BCUT2D eigenvalue weighted by atomic mass is 16.5. The number of ether oxygens (including phenoxy) is 1. The van der Waals surface area contributed by atoms with E-state index in [9.17, 15) is 9.59 Å². The molecule has 3 nitrogen and oxygen atoms in total. The first-order valence-corrected chi connectivity index (χ1v) is 10.0. The Kier molecular flexibility index (Phi) is 3.97. The molecule has 0 saturated heterocycles. The molecule has 3 heteroatoms. The maximum absolute atomic E-state index is 11.9. The highest BCUT2D eigenvalue weighted by Gasteiger charge is 2.59. The standard InChI is InChI=1S/C22H30O3/c1-4-20(24)25-19-8-7-17-16-6-5-14-13-15(23)9-11-21(14,2)18(16)10-12-22(17,19)3/h9,11,13,16-19H,4-8,10,12H2,1-3H3/t16-,17-,18-,19-,21+,22+/m1/s1. The summed E-state index contributed by atoms with van der Waals surface area (Å²) in [6.07, 6.45) is 13.1. The summed E-state index contributed by atoms with van der Waals surface area (Å²) in [7, 11) is 0. The molecule has 0 radical (unpaired) electrons. The molecule has 0 N–H and O–H groups in total. The van der Waals surface area contributed by atoms with E-state index in [2.05, 4.69) is 19.9 Å². The molecule has 0 aromatic rings. The number of fused-ring (bicyclic) bond motifs is 5. The number of hydrogen-bond donors (Lipinski definition) is 0. The zero-order valence-electron chi connectivity index (χ0n) is 15.7. The summed E-state index contributed by atoms with van der Waals surface area (Å²) in [5.41, 5.74) is 1.53. The van der Waals surface area contributed by atoms with Gasteiger partial charge in [0.1, 0.15) is 6.10 Å². The van der Waals surface area contributed by atoms with E-state index in [1.165, 1.54) is 24.8 Å².